The van der Waals surface area contributed by atoms with Gasteiger partial charge >= 0.3 is 0 Å². The molecule has 7 rings (SSSR count). The third-order valence-corrected chi connectivity index (χ3v) is 12.6. The molecule has 5 atom stereocenters. The summed E-state index contributed by atoms with van der Waals surface area (Å²) in [4.78, 5) is 44.1. The maximum Gasteiger partial charge on any atom is 0.294 e. The number of carbonyl (C=O) groups excluding carboxylic acids is 3. The van der Waals surface area contributed by atoms with E-state index in [0.29, 0.717) is 42.0 Å². The van der Waals surface area contributed by atoms with E-state index in [1.54, 1.807) is 24.3 Å². The predicted octanol–water partition coefficient (Wildman–Crippen LogP) is 5.20. The minimum atomic E-state index is -4.02. The maximum atomic E-state index is 16.0. The van der Waals surface area contributed by atoms with Crippen molar-refractivity contribution in [1.82, 2.24) is 15.6 Å². The quantitative estimate of drug-likeness (QED) is 0.171. The smallest absolute Gasteiger partial charge is 0.294 e. The zero-order chi connectivity index (χ0) is 38.5. The number of pyridine rings is 1. The molecule has 4 aliphatic rings. The molecular weight excluding hydrogens is 748 g/mol. The Bertz CT molecular complexity index is 2030. The van der Waals surface area contributed by atoms with Crippen molar-refractivity contribution in [2.75, 3.05) is 11.9 Å². The number of nitrogens with one attached hydrogen (secondary N) is 3. The van der Waals surface area contributed by atoms with Crippen molar-refractivity contribution < 1.29 is 36.5 Å². The summed E-state index contributed by atoms with van der Waals surface area (Å²) in [7, 11) is -4.02. The number of primary amides is 1. The van der Waals surface area contributed by atoms with Gasteiger partial charge in [0.1, 0.15) is 11.5 Å². The van der Waals surface area contributed by atoms with E-state index in [4.69, 9.17) is 38.2 Å². The third-order valence-electron chi connectivity index (χ3n) is 11.2. The van der Waals surface area contributed by atoms with Gasteiger partial charge in [0, 0.05) is 28.4 Å². The molecule has 3 aromatic rings. The van der Waals surface area contributed by atoms with E-state index in [-0.39, 0.29) is 39.6 Å². The van der Waals surface area contributed by atoms with Gasteiger partial charge in [-0.2, -0.15) is 8.42 Å². The van der Waals surface area contributed by atoms with Gasteiger partial charge in [0.05, 0.1) is 23.6 Å². The van der Waals surface area contributed by atoms with Gasteiger partial charge in [0.15, 0.2) is 11.0 Å². The second-order valence-corrected chi connectivity index (χ2v) is 17.3. The van der Waals surface area contributed by atoms with E-state index in [2.05, 4.69) is 34.8 Å². The van der Waals surface area contributed by atoms with Crippen LogP contribution in [0.5, 0.6) is 0 Å². The van der Waals surface area contributed by atoms with Gasteiger partial charge in [-0.3, -0.25) is 24.3 Å². The predicted molar refractivity (Wildman–Crippen MR) is 197 cm³/mol. The summed E-state index contributed by atoms with van der Waals surface area (Å²) >= 11 is 12.5. The lowest BCUT2D eigenvalue weighted by Crippen LogP contribution is -2.61. The summed E-state index contributed by atoms with van der Waals surface area (Å²) in [6, 6.07) is 11.3. The van der Waals surface area contributed by atoms with Crippen LogP contribution in [0, 0.1) is 18.2 Å². The molecule has 4 heterocycles. The summed E-state index contributed by atoms with van der Waals surface area (Å²) in [6.07, 6.45) is 4.31. The number of fused-ring (bicyclic) bond motifs is 3. The summed E-state index contributed by atoms with van der Waals surface area (Å²) in [5.74, 6) is -2.99. The van der Waals surface area contributed by atoms with Crippen LogP contribution in [-0.4, -0.2) is 66.0 Å². The molecule has 2 saturated heterocycles. The van der Waals surface area contributed by atoms with Crippen LogP contribution >= 0.6 is 23.2 Å². The fourth-order valence-corrected chi connectivity index (χ4v) is 9.24. The molecule has 6 N–H and O–H groups in total. The highest BCUT2D eigenvalue weighted by molar-refractivity contribution is 7.85. The number of nitrogens with two attached hydrogens (primary N) is 1. The number of aromatic nitrogens is 1. The zero-order valence-electron chi connectivity index (χ0n) is 29.4. The number of hydrogen-bond acceptors (Lipinski definition) is 8. The Balaban J connectivity index is 0.000000376. The number of benzene rings is 2. The zero-order valence-corrected chi connectivity index (χ0v) is 31.7. The van der Waals surface area contributed by atoms with Gasteiger partial charge in [-0.25, -0.2) is 9.37 Å². The van der Waals surface area contributed by atoms with Crippen molar-refractivity contribution in [3.8, 4) is 0 Å². The van der Waals surface area contributed by atoms with E-state index < -0.39 is 56.8 Å². The topological polar surface area (TPSA) is 190 Å². The fraction of sp³-hybridized carbons (Fsp3) is 0.459. The molecule has 2 spiro atoms. The van der Waals surface area contributed by atoms with Crippen LogP contribution < -0.4 is 21.7 Å². The van der Waals surface area contributed by atoms with Gasteiger partial charge in [-0.15, -0.1) is 0 Å². The molecule has 1 saturated carbocycles. The van der Waals surface area contributed by atoms with Crippen molar-refractivity contribution in [3.05, 3.63) is 87.4 Å². The standard InChI is InChI=1S/C30H34Cl2FN5O4.C7H8O3S/c1-28(2)8-10-29(11-9-28)30(18-5-3-15(31)13-19(18)37-27(30)41)21(17-7-12-35-24(32)22(17)33)23(38-29)26(40)36-16-4-6-20(25(34)39)42-14-16;1-6-2-4-7(5-3-6)11(8,9)10/h3,5,7,12-13,16,20-21,23,38H,4,6,8-11,14H2,1-2H3,(H2,34,39)(H,36,40)(H,37,41);2-5H,1H3,(H,8,9,10). The Kier molecular flexibility index (Phi) is 10.7. The molecule has 1 aromatic heterocycles. The molecule has 16 heteroatoms. The van der Waals surface area contributed by atoms with Gasteiger partial charge < -0.3 is 21.1 Å². The first-order chi connectivity index (χ1) is 24.9. The number of nitrogens with zero attached hydrogens (tertiary/aromatic N) is 1. The molecule has 1 aliphatic carbocycles. The van der Waals surface area contributed by atoms with Gasteiger partial charge in [0.25, 0.3) is 10.1 Å². The summed E-state index contributed by atoms with van der Waals surface area (Å²) in [5, 5.41) is 9.81. The van der Waals surface area contributed by atoms with Crippen LogP contribution in [0.25, 0.3) is 0 Å². The monoisotopic (exact) mass is 789 g/mol. The highest BCUT2D eigenvalue weighted by Crippen LogP contribution is 2.64. The van der Waals surface area contributed by atoms with Crippen molar-refractivity contribution in [2.45, 2.75) is 99.3 Å². The first-order valence-corrected chi connectivity index (χ1v) is 19.5. The molecule has 3 fully saturated rings. The van der Waals surface area contributed by atoms with E-state index in [1.807, 2.05) is 13.0 Å². The van der Waals surface area contributed by atoms with E-state index in [1.165, 1.54) is 24.4 Å². The first kappa shape index (κ1) is 39.0. The number of ether oxygens (including phenoxy) is 1. The Morgan fingerprint density at radius 1 is 1.06 bits per heavy atom. The fourth-order valence-electron chi connectivity index (χ4n) is 8.42. The Hall–Kier alpha value is -3.66. The van der Waals surface area contributed by atoms with Gasteiger partial charge in [-0.1, -0.05) is 60.8 Å². The Morgan fingerprint density at radius 3 is 2.34 bits per heavy atom. The summed E-state index contributed by atoms with van der Waals surface area (Å²) in [5.41, 5.74) is 5.50. The lowest BCUT2D eigenvalue weighted by atomic mass is 9.53. The van der Waals surface area contributed by atoms with Crippen LogP contribution in [0.15, 0.2) is 59.6 Å². The number of halogens is 3. The first-order valence-electron chi connectivity index (χ1n) is 17.3. The second-order valence-electron chi connectivity index (χ2n) is 15.1. The summed E-state index contributed by atoms with van der Waals surface area (Å²) < 4.78 is 51.1. The number of aryl methyl sites for hydroxylation is 1. The van der Waals surface area contributed by atoms with Crippen LogP contribution in [0.2, 0.25) is 10.2 Å². The van der Waals surface area contributed by atoms with Crippen LogP contribution in [0.1, 0.15) is 75.0 Å². The highest BCUT2D eigenvalue weighted by Gasteiger charge is 2.73. The molecule has 284 valence electrons. The molecule has 0 bridgehead atoms. The van der Waals surface area contributed by atoms with Crippen molar-refractivity contribution in [3.63, 3.8) is 0 Å². The summed E-state index contributed by atoms with van der Waals surface area (Å²) in [6.45, 7) is 6.33. The second kappa shape index (κ2) is 14.5. The average molecular weight is 791 g/mol. The van der Waals surface area contributed by atoms with Gasteiger partial charge in [0.2, 0.25) is 17.7 Å². The molecule has 12 nitrogen and oxygen atoms in total. The Morgan fingerprint density at radius 2 is 1.74 bits per heavy atom. The maximum absolute atomic E-state index is 16.0. The molecule has 3 amide bonds. The highest BCUT2D eigenvalue weighted by atomic mass is 35.5. The molecule has 53 heavy (non-hydrogen) atoms. The van der Waals surface area contributed by atoms with Crippen LogP contribution in [0.3, 0.4) is 0 Å². The lowest BCUT2D eigenvalue weighted by Gasteiger charge is -2.50. The minimum absolute atomic E-state index is 0.0312. The van der Waals surface area contributed by atoms with Crippen molar-refractivity contribution >= 4 is 56.7 Å². The molecule has 2 aromatic carbocycles. The van der Waals surface area contributed by atoms with E-state index in [9.17, 15) is 22.8 Å². The van der Waals surface area contributed by atoms with Crippen molar-refractivity contribution in [1.29, 1.82) is 0 Å². The lowest BCUT2D eigenvalue weighted by molar-refractivity contribution is -0.134. The molecular formula is C37H42Cl2FN5O7S. The SMILES string of the molecule is CC1(C)CCC2(CC1)NC(C(=O)NC1CCC(C(N)=O)OC1)C(c1ccnc(Cl)c1F)C21C(=O)Nc2cc(Cl)ccc21.Cc1ccc(S(=O)(=O)O)cc1. The molecule has 0 radical (unpaired) electrons. The number of amides is 3. The Labute approximate surface area is 317 Å². The van der Waals surface area contributed by atoms with Crippen LogP contribution in [-0.2, 0) is 34.7 Å². The normalized spacial score (nSPS) is 27.0. The minimum Gasteiger partial charge on any atom is -0.367 e. The van der Waals surface area contributed by atoms with E-state index in [0.717, 1.165) is 18.4 Å². The van der Waals surface area contributed by atoms with Crippen LogP contribution in [0.4, 0.5) is 10.1 Å². The number of carbonyl (C=O) groups is 3. The average Bonchev–Trinajstić information content (AvgIpc) is 3.55. The largest absolute Gasteiger partial charge is 0.367 e. The number of anilines is 1. The van der Waals surface area contributed by atoms with Gasteiger partial charge in [-0.05, 0) is 92.3 Å². The molecule has 3 aliphatic heterocycles. The number of hydrogen-bond donors (Lipinski definition) is 5. The van der Waals surface area contributed by atoms with E-state index >= 15 is 4.39 Å². The van der Waals surface area contributed by atoms with Crippen molar-refractivity contribution in [2.24, 2.45) is 11.1 Å². The molecule has 5 unspecified atom stereocenters. The third kappa shape index (κ3) is 7.29. The number of rotatable bonds is 5.